The summed E-state index contributed by atoms with van der Waals surface area (Å²) in [7, 11) is 0. The molecule has 2 aliphatic rings. The van der Waals surface area contributed by atoms with E-state index in [4.69, 9.17) is 0 Å². The number of benzene rings is 1. The zero-order valence-corrected chi connectivity index (χ0v) is 14.9. The Morgan fingerprint density at radius 2 is 2.16 bits per heavy atom. The Balaban J connectivity index is 1.53. The van der Waals surface area contributed by atoms with Crippen molar-refractivity contribution in [1.29, 1.82) is 0 Å². The smallest absolute Gasteiger partial charge is 0.317 e. The molecule has 1 aromatic rings. The standard InChI is InChI=1S/C19H28FN3O2/c1-14-2-5-17(20)10-16(14)11-21-19(25)23-8-7-22(12-15-3-4-15)18(13-23)6-9-24/h2,5,10,15,18,24H,3-4,6-9,11-13H2,1H3,(H,21,25). The summed E-state index contributed by atoms with van der Waals surface area (Å²) in [5.74, 6) is 0.518. The number of aliphatic hydroxyl groups excluding tert-OH is 1. The largest absolute Gasteiger partial charge is 0.396 e. The molecule has 0 aromatic heterocycles. The van der Waals surface area contributed by atoms with Crippen molar-refractivity contribution in [2.24, 2.45) is 5.92 Å². The molecule has 1 atom stereocenters. The summed E-state index contributed by atoms with van der Waals surface area (Å²) >= 11 is 0. The van der Waals surface area contributed by atoms with Crippen molar-refractivity contribution >= 4 is 6.03 Å². The van der Waals surface area contributed by atoms with Gasteiger partial charge in [0.2, 0.25) is 0 Å². The number of amides is 2. The lowest BCUT2D eigenvalue weighted by Gasteiger charge is -2.41. The van der Waals surface area contributed by atoms with Gasteiger partial charge in [-0.15, -0.1) is 0 Å². The first-order valence-electron chi connectivity index (χ1n) is 9.19. The van der Waals surface area contributed by atoms with Crippen molar-refractivity contribution in [3.8, 4) is 0 Å². The molecule has 1 unspecified atom stereocenters. The van der Waals surface area contributed by atoms with Gasteiger partial charge in [0.05, 0.1) is 0 Å². The van der Waals surface area contributed by atoms with Gasteiger partial charge < -0.3 is 15.3 Å². The van der Waals surface area contributed by atoms with E-state index in [1.165, 1.54) is 25.0 Å². The van der Waals surface area contributed by atoms with E-state index in [0.29, 0.717) is 26.1 Å². The lowest BCUT2D eigenvalue weighted by atomic mass is 10.1. The van der Waals surface area contributed by atoms with Crippen LogP contribution in [0.3, 0.4) is 0 Å². The average Bonchev–Trinajstić information content (AvgIpc) is 3.41. The second kappa shape index (κ2) is 8.15. The van der Waals surface area contributed by atoms with Crippen molar-refractivity contribution in [2.45, 2.75) is 38.8 Å². The third-order valence-corrected chi connectivity index (χ3v) is 5.29. The molecule has 0 radical (unpaired) electrons. The Bertz CT molecular complexity index is 606. The van der Waals surface area contributed by atoms with Crippen LogP contribution in [0, 0.1) is 18.7 Å². The molecule has 0 spiro atoms. The molecule has 6 heteroatoms. The van der Waals surface area contributed by atoms with Gasteiger partial charge in [-0.2, -0.15) is 0 Å². The first kappa shape index (κ1) is 18.1. The number of rotatable bonds is 6. The zero-order valence-electron chi connectivity index (χ0n) is 14.9. The Labute approximate surface area is 148 Å². The van der Waals surface area contributed by atoms with Crippen LogP contribution in [-0.4, -0.2) is 59.8 Å². The molecule has 1 heterocycles. The van der Waals surface area contributed by atoms with Gasteiger partial charge in [-0.25, -0.2) is 9.18 Å². The van der Waals surface area contributed by atoms with Crippen LogP contribution in [0.5, 0.6) is 0 Å². The SMILES string of the molecule is Cc1ccc(F)cc1CNC(=O)N1CCN(CC2CC2)C(CCO)C1. The number of piperazine rings is 1. The first-order valence-corrected chi connectivity index (χ1v) is 9.19. The highest BCUT2D eigenvalue weighted by atomic mass is 19.1. The van der Waals surface area contributed by atoms with Crippen molar-refractivity contribution in [2.75, 3.05) is 32.8 Å². The molecule has 5 nitrogen and oxygen atoms in total. The summed E-state index contributed by atoms with van der Waals surface area (Å²) in [5, 5.41) is 12.2. The predicted molar refractivity (Wildman–Crippen MR) is 94.7 cm³/mol. The van der Waals surface area contributed by atoms with E-state index in [-0.39, 0.29) is 24.5 Å². The van der Waals surface area contributed by atoms with E-state index in [1.807, 2.05) is 11.8 Å². The summed E-state index contributed by atoms with van der Waals surface area (Å²) in [6, 6.07) is 4.74. The lowest BCUT2D eigenvalue weighted by molar-refractivity contribution is 0.0702. The first-order chi connectivity index (χ1) is 12.1. The molecular formula is C19H28FN3O2. The van der Waals surface area contributed by atoms with E-state index >= 15 is 0 Å². The minimum Gasteiger partial charge on any atom is -0.396 e. The second-order valence-electron chi connectivity index (χ2n) is 7.28. The van der Waals surface area contributed by atoms with E-state index in [9.17, 15) is 14.3 Å². The monoisotopic (exact) mass is 349 g/mol. The molecule has 25 heavy (non-hydrogen) atoms. The van der Waals surface area contributed by atoms with Crippen LogP contribution in [0.25, 0.3) is 0 Å². The molecule has 1 saturated carbocycles. The number of nitrogens with zero attached hydrogens (tertiary/aromatic N) is 2. The van der Waals surface area contributed by atoms with Gasteiger partial charge in [0.25, 0.3) is 0 Å². The number of aliphatic hydroxyl groups is 1. The predicted octanol–water partition coefficient (Wildman–Crippen LogP) is 2.12. The number of nitrogens with one attached hydrogen (secondary N) is 1. The van der Waals surface area contributed by atoms with Crippen molar-refractivity contribution in [1.82, 2.24) is 15.1 Å². The van der Waals surface area contributed by atoms with E-state index < -0.39 is 0 Å². The fourth-order valence-corrected chi connectivity index (χ4v) is 3.49. The number of urea groups is 1. The molecule has 1 aromatic carbocycles. The fraction of sp³-hybridized carbons (Fsp3) is 0.632. The average molecular weight is 349 g/mol. The summed E-state index contributed by atoms with van der Waals surface area (Å²) < 4.78 is 13.4. The Morgan fingerprint density at radius 3 is 2.88 bits per heavy atom. The van der Waals surface area contributed by atoms with Crippen LogP contribution < -0.4 is 5.32 Å². The molecule has 1 aliphatic carbocycles. The summed E-state index contributed by atoms with van der Waals surface area (Å²) in [5.41, 5.74) is 1.77. The lowest BCUT2D eigenvalue weighted by Crippen LogP contribution is -2.57. The van der Waals surface area contributed by atoms with Crippen molar-refractivity contribution < 1.29 is 14.3 Å². The molecular weight excluding hydrogens is 321 g/mol. The number of carbonyl (C=O) groups is 1. The molecule has 1 saturated heterocycles. The quantitative estimate of drug-likeness (QED) is 0.827. The van der Waals surface area contributed by atoms with Crippen LogP contribution >= 0.6 is 0 Å². The molecule has 2 fully saturated rings. The molecule has 138 valence electrons. The Hall–Kier alpha value is -1.66. The highest BCUT2D eigenvalue weighted by Crippen LogP contribution is 2.31. The van der Waals surface area contributed by atoms with Crippen LogP contribution in [0.4, 0.5) is 9.18 Å². The van der Waals surface area contributed by atoms with E-state index in [0.717, 1.165) is 30.1 Å². The minimum absolute atomic E-state index is 0.113. The van der Waals surface area contributed by atoms with Crippen LogP contribution in [0.1, 0.15) is 30.4 Å². The molecule has 0 bridgehead atoms. The fourth-order valence-electron chi connectivity index (χ4n) is 3.49. The normalized spacial score (nSPS) is 21.4. The van der Waals surface area contributed by atoms with Crippen LogP contribution in [-0.2, 0) is 6.54 Å². The molecule has 3 rings (SSSR count). The van der Waals surface area contributed by atoms with Gasteiger partial charge >= 0.3 is 6.03 Å². The Kier molecular flexibility index (Phi) is 5.91. The summed E-state index contributed by atoms with van der Waals surface area (Å²) in [4.78, 5) is 16.7. The zero-order chi connectivity index (χ0) is 17.8. The van der Waals surface area contributed by atoms with Gasteiger partial charge in [0.1, 0.15) is 5.82 Å². The minimum atomic E-state index is -0.286. The summed E-state index contributed by atoms with van der Waals surface area (Å²) in [6.45, 7) is 5.66. The molecule has 2 N–H and O–H groups in total. The molecule has 2 amide bonds. The highest BCUT2D eigenvalue weighted by molar-refractivity contribution is 5.74. The number of halogens is 1. The van der Waals surface area contributed by atoms with E-state index in [1.54, 1.807) is 6.07 Å². The third kappa shape index (κ3) is 4.92. The topological polar surface area (TPSA) is 55.8 Å². The maximum Gasteiger partial charge on any atom is 0.317 e. The van der Waals surface area contributed by atoms with Crippen molar-refractivity contribution in [3.63, 3.8) is 0 Å². The maximum atomic E-state index is 13.4. The number of hydrogen-bond acceptors (Lipinski definition) is 3. The highest BCUT2D eigenvalue weighted by Gasteiger charge is 2.33. The van der Waals surface area contributed by atoms with Gasteiger partial charge in [0.15, 0.2) is 0 Å². The van der Waals surface area contributed by atoms with Crippen LogP contribution in [0.2, 0.25) is 0 Å². The van der Waals surface area contributed by atoms with Gasteiger partial charge in [-0.05, 0) is 55.4 Å². The van der Waals surface area contributed by atoms with Gasteiger partial charge in [0, 0.05) is 45.4 Å². The summed E-state index contributed by atoms with van der Waals surface area (Å²) in [6.07, 6.45) is 3.30. The maximum absolute atomic E-state index is 13.4. The molecule has 1 aliphatic heterocycles. The van der Waals surface area contributed by atoms with Crippen molar-refractivity contribution in [3.05, 3.63) is 35.1 Å². The van der Waals surface area contributed by atoms with Gasteiger partial charge in [-0.1, -0.05) is 6.07 Å². The number of carbonyl (C=O) groups excluding carboxylic acids is 1. The number of hydrogen-bond donors (Lipinski definition) is 2. The second-order valence-corrected chi connectivity index (χ2v) is 7.28. The Morgan fingerprint density at radius 1 is 1.36 bits per heavy atom. The number of aryl methyl sites for hydroxylation is 1. The van der Waals surface area contributed by atoms with E-state index in [2.05, 4.69) is 10.2 Å². The van der Waals surface area contributed by atoms with Crippen LogP contribution in [0.15, 0.2) is 18.2 Å². The van der Waals surface area contributed by atoms with Gasteiger partial charge in [-0.3, -0.25) is 4.90 Å². The third-order valence-electron chi connectivity index (χ3n) is 5.29.